The molecule has 2 atom stereocenters. The van der Waals surface area contributed by atoms with Gasteiger partial charge in [0.2, 0.25) is 0 Å². The van der Waals surface area contributed by atoms with Crippen LogP contribution in [0.25, 0.3) is 0 Å². The highest BCUT2D eigenvalue weighted by molar-refractivity contribution is 5.14. The lowest BCUT2D eigenvalue weighted by molar-refractivity contribution is -0.112. The van der Waals surface area contributed by atoms with E-state index in [2.05, 4.69) is 38.1 Å². The summed E-state index contributed by atoms with van der Waals surface area (Å²) in [6, 6.07) is 10.5. The maximum Gasteiger partial charge on any atom is 0.0852 e. The van der Waals surface area contributed by atoms with Gasteiger partial charge in [0.1, 0.15) is 0 Å². The van der Waals surface area contributed by atoms with Crippen molar-refractivity contribution in [2.24, 2.45) is 5.41 Å². The fourth-order valence-electron chi connectivity index (χ4n) is 2.90. The highest BCUT2D eigenvalue weighted by atomic mass is 16.5. The number of benzene rings is 1. The summed E-state index contributed by atoms with van der Waals surface area (Å²) in [4.78, 5) is 0. The zero-order chi connectivity index (χ0) is 13.7. The van der Waals surface area contributed by atoms with Gasteiger partial charge in [-0.1, -0.05) is 50.6 Å². The maximum absolute atomic E-state index is 10.3. The van der Waals surface area contributed by atoms with E-state index in [0.717, 1.165) is 38.7 Å². The lowest BCUT2D eigenvalue weighted by Gasteiger charge is -2.40. The van der Waals surface area contributed by atoms with E-state index < -0.39 is 0 Å². The zero-order valence-corrected chi connectivity index (χ0v) is 12.1. The van der Waals surface area contributed by atoms with E-state index in [1.807, 2.05) is 6.07 Å². The monoisotopic (exact) mass is 262 g/mol. The summed E-state index contributed by atoms with van der Waals surface area (Å²) in [7, 11) is 0. The van der Waals surface area contributed by atoms with E-state index >= 15 is 0 Å². The Hall–Kier alpha value is -0.860. The van der Waals surface area contributed by atoms with E-state index in [4.69, 9.17) is 4.74 Å². The van der Waals surface area contributed by atoms with Crippen molar-refractivity contribution in [3.8, 4) is 0 Å². The van der Waals surface area contributed by atoms with Crippen molar-refractivity contribution < 1.29 is 9.84 Å². The molecule has 2 rings (SSSR count). The molecule has 1 fully saturated rings. The van der Waals surface area contributed by atoms with Crippen molar-refractivity contribution in [1.82, 2.24) is 0 Å². The zero-order valence-electron chi connectivity index (χ0n) is 12.1. The number of aryl methyl sites for hydroxylation is 1. The maximum atomic E-state index is 10.3. The summed E-state index contributed by atoms with van der Waals surface area (Å²) in [5, 5.41) is 10.3. The Kier molecular flexibility index (Phi) is 5.00. The molecule has 1 saturated carbocycles. The molecular formula is C17H26O2. The standard InChI is InChI=1S/C17H26O2/c1-17(2)12-6-11-15(16(17)18)19-13-7-10-14-8-4-3-5-9-14/h3-5,8-9,15-16,18H,6-7,10-13H2,1-2H3. The van der Waals surface area contributed by atoms with Gasteiger partial charge in [-0.05, 0) is 36.7 Å². The lowest BCUT2D eigenvalue weighted by Crippen LogP contribution is -2.44. The molecule has 0 aliphatic heterocycles. The number of aliphatic hydroxyl groups is 1. The number of ether oxygens (including phenoxy) is 1. The molecule has 0 amide bonds. The van der Waals surface area contributed by atoms with Gasteiger partial charge in [0.15, 0.2) is 0 Å². The first kappa shape index (κ1) is 14.5. The van der Waals surface area contributed by atoms with Crippen molar-refractivity contribution in [2.75, 3.05) is 6.61 Å². The molecule has 0 aromatic heterocycles. The molecule has 0 saturated heterocycles. The molecule has 19 heavy (non-hydrogen) atoms. The molecule has 0 heterocycles. The number of aliphatic hydroxyl groups excluding tert-OH is 1. The predicted molar refractivity (Wildman–Crippen MR) is 78.1 cm³/mol. The van der Waals surface area contributed by atoms with E-state index in [9.17, 15) is 5.11 Å². The molecule has 2 nitrogen and oxygen atoms in total. The molecule has 1 aromatic carbocycles. The molecule has 0 bridgehead atoms. The smallest absolute Gasteiger partial charge is 0.0852 e. The third kappa shape index (κ3) is 4.05. The summed E-state index contributed by atoms with van der Waals surface area (Å²) in [6.45, 7) is 5.01. The van der Waals surface area contributed by atoms with Gasteiger partial charge in [0.25, 0.3) is 0 Å². The number of rotatable bonds is 5. The Morgan fingerprint density at radius 3 is 2.74 bits per heavy atom. The second-order valence-corrected chi connectivity index (χ2v) is 6.32. The van der Waals surface area contributed by atoms with Crippen LogP contribution in [-0.2, 0) is 11.2 Å². The Balaban J connectivity index is 1.71. The normalized spacial score (nSPS) is 26.3. The molecule has 1 aliphatic rings. The van der Waals surface area contributed by atoms with Crippen LogP contribution in [0.15, 0.2) is 30.3 Å². The van der Waals surface area contributed by atoms with Crippen molar-refractivity contribution >= 4 is 0 Å². The van der Waals surface area contributed by atoms with E-state index in [-0.39, 0.29) is 17.6 Å². The van der Waals surface area contributed by atoms with Gasteiger partial charge in [-0.3, -0.25) is 0 Å². The van der Waals surface area contributed by atoms with Gasteiger partial charge < -0.3 is 9.84 Å². The Morgan fingerprint density at radius 2 is 2.00 bits per heavy atom. The predicted octanol–water partition coefficient (Wildman–Crippen LogP) is 3.58. The van der Waals surface area contributed by atoms with Crippen LogP contribution in [0.1, 0.15) is 45.1 Å². The molecule has 0 spiro atoms. The van der Waals surface area contributed by atoms with Gasteiger partial charge in [0.05, 0.1) is 12.2 Å². The summed E-state index contributed by atoms with van der Waals surface area (Å²) < 4.78 is 5.90. The van der Waals surface area contributed by atoms with Gasteiger partial charge in [0, 0.05) is 6.61 Å². The minimum absolute atomic E-state index is 0.00233. The summed E-state index contributed by atoms with van der Waals surface area (Å²) in [5.41, 5.74) is 1.36. The summed E-state index contributed by atoms with van der Waals surface area (Å²) in [5.74, 6) is 0. The first-order valence-electron chi connectivity index (χ1n) is 7.43. The Labute approximate surface area is 116 Å². The first-order valence-corrected chi connectivity index (χ1v) is 7.43. The third-order valence-corrected chi connectivity index (χ3v) is 4.25. The molecule has 1 aromatic rings. The molecule has 1 N–H and O–H groups in total. The van der Waals surface area contributed by atoms with Crippen LogP contribution in [0.3, 0.4) is 0 Å². The van der Waals surface area contributed by atoms with Crippen LogP contribution >= 0.6 is 0 Å². The van der Waals surface area contributed by atoms with Crippen LogP contribution < -0.4 is 0 Å². The van der Waals surface area contributed by atoms with Gasteiger partial charge in [-0.25, -0.2) is 0 Å². The Morgan fingerprint density at radius 1 is 1.26 bits per heavy atom. The van der Waals surface area contributed by atoms with Crippen molar-refractivity contribution in [3.63, 3.8) is 0 Å². The first-order chi connectivity index (χ1) is 9.09. The van der Waals surface area contributed by atoms with E-state index in [1.54, 1.807) is 0 Å². The molecule has 2 heteroatoms. The van der Waals surface area contributed by atoms with Gasteiger partial charge in [-0.15, -0.1) is 0 Å². The van der Waals surface area contributed by atoms with E-state index in [1.165, 1.54) is 5.56 Å². The average molecular weight is 262 g/mol. The average Bonchev–Trinajstić information content (AvgIpc) is 2.40. The van der Waals surface area contributed by atoms with Crippen LogP contribution in [0.4, 0.5) is 0 Å². The molecular weight excluding hydrogens is 236 g/mol. The topological polar surface area (TPSA) is 29.5 Å². The SMILES string of the molecule is CC1(C)CCCC(OCCCc2ccccc2)C1O. The third-order valence-electron chi connectivity index (χ3n) is 4.25. The molecule has 0 radical (unpaired) electrons. The quantitative estimate of drug-likeness (QED) is 0.822. The minimum Gasteiger partial charge on any atom is -0.390 e. The minimum atomic E-state index is -0.321. The molecule has 106 valence electrons. The van der Waals surface area contributed by atoms with Crippen LogP contribution in [0.5, 0.6) is 0 Å². The Bertz CT molecular complexity index is 372. The molecule has 2 unspecified atom stereocenters. The van der Waals surface area contributed by atoms with Crippen LogP contribution in [0, 0.1) is 5.41 Å². The second kappa shape index (κ2) is 6.53. The van der Waals surface area contributed by atoms with Crippen LogP contribution in [-0.4, -0.2) is 23.9 Å². The fraction of sp³-hybridized carbons (Fsp3) is 0.647. The van der Waals surface area contributed by atoms with Crippen LogP contribution in [0.2, 0.25) is 0 Å². The largest absolute Gasteiger partial charge is 0.390 e. The number of hydrogen-bond donors (Lipinski definition) is 1. The highest BCUT2D eigenvalue weighted by Gasteiger charge is 2.38. The summed E-state index contributed by atoms with van der Waals surface area (Å²) in [6.07, 6.45) is 5.03. The summed E-state index contributed by atoms with van der Waals surface area (Å²) >= 11 is 0. The highest BCUT2D eigenvalue weighted by Crippen LogP contribution is 2.36. The molecule has 1 aliphatic carbocycles. The second-order valence-electron chi connectivity index (χ2n) is 6.32. The fourth-order valence-corrected chi connectivity index (χ4v) is 2.90. The lowest BCUT2D eigenvalue weighted by atomic mass is 9.73. The van der Waals surface area contributed by atoms with Crippen molar-refractivity contribution in [3.05, 3.63) is 35.9 Å². The number of hydrogen-bond acceptors (Lipinski definition) is 2. The van der Waals surface area contributed by atoms with E-state index in [0.29, 0.717) is 0 Å². The van der Waals surface area contributed by atoms with Crippen molar-refractivity contribution in [2.45, 2.75) is 58.2 Å². The van der Waals surface area contributed by atoms with Gasteiger partial charge >= 0.3 is 0 Å². The van der Waals surface area contributed by atoms with Crippen molar-refractivity contribution in [1.29, 1.82) is 0 Å². The van der Waals surface area contributed by atoms with Gasteiger partial charge in [-0.2, -0.15) is 0 Å².